The highest BCUT2D eigenvalue weighted by atomic mass is 16.5. The Hall–Kier alpha value is -3.42. The largest absolute Gasteiger partial charge is 0.493 e. The van der Waals surface area contributed by atoms with E-state index in [2.05, 4.69) is 10.1 Å². The van der Waals surface area contributed by atoms with Gasteiger partial charge in [-0.25, -0.2) is 0 Å². The molecule has 8 heteroatoms. The van der Waals surface area contributed by atoms with E-state index in [1.165, 1.54) is 0 Å². The standard InChI is InChI=1S/C20H23N3O5/c1-23(14-7-9-16(25-3)18(11-14)27-5)12-19-21-20(22-28-19)13-6-8-15(24-2)17(10-13)26-4/h6-11H,12H2,1-5H3. The number of benzene rings is 2. The molecular formula is C20H23N3O5. The number of methoxy groups -OCH3 is 4. The minimum atomic E-state index is 0.440. The second-order valence-electron chi connectivity index (χ2n) is 5.98. The van der Waals surface area contributed by atoms with Crippen molar-refractivity contribution < 1.29 is 23.5 Å². The van der Waals surface area contributed by atoms with Crippen LogP contribution in [0.1, 0.15) is 5.89 Å². The number of anilines is 1. The van der Waals surface area contributed by atoms with Crippen molar-refractivity contribution in [1.82, 2.24) is 10.1 Å². The molecule has 0 amide bonds. The fraction of sp³-hybridized carbons (Fsp3) is 0.300. The Kier molecular flexibility index (Phi) is 5.88. The van der Waals surface area contributed by atoms with Gasteiger partial charge in [-0.1, -0.05) is 5.16 Å². The van der Waals surface area contributed by atoms with Crippen LogP contribution in [0.4, 0.5) is 5.69 Å². The van der Waals surface area contributed by atoms with Crippen LogP contribution in [-0.4, -0.2) is 45.6 Å². The lowest BCUT2D eigenvalue weighted by Gasteiger charge is -2.18. The predicted molar refractivity (Wildman–Crippen MR) is 104 cm³/mol. The molecule has 3 aromatic rings. The first-order valence-electron chi connectivity index (χ1n) is 8.57. The van der Waals surface area contributed by atoms with Crippen molar-refractivity contribution in [3.63, 3.8) is 0 Å². The average molecular weight is 385 g/mol. The van der Waals surface area contributed by atoms with Gasteiger partial charge in [0.2, 0.25) is 11.7 Å². The first kappa shape index (κ1) is 19.3. The van der Waals surface area contributed by atoms with Crippen molar-refractivity contribution in [3.8, 4) is 34.4 Å². The molecule has 0 spiro atoms. The summed E-state index contributed by atoms with van der Waals surface area (Å²) in [5.74, 6) is 3.55. The summed E-state index contributed by atoms with van der Waals surface area (Å²) < 4.78 is 26.6. The van der Waals surface area contributed by atoms with Crippen molar-refractivity contribution >= 4 is 5.69 Å². The van der Waals surface area contributed by atoms with Gasteiger partial charge in [0.25, 0.3) is 0 Å². The third-order valence-corrected chi connectivity index (χ3v) is 4.29. The van der Waals surface area contributed by atoms with E-state index in [9.17, 15) is 0 Å². The molecule has 3 rings (SSSR count). The van der Waals surface area contributed by atoms with E-state index in [4.69, 9.17) is 23.5 Å². The Morgan fingerprint density at radius 2 is 1.43 bits per heavy atom. The fourth-order valence-electron chi connectivity index (χ4n) is 2.77. The lowest BCUT2D eigenvalue weighted by molar-refractivity contribution is 0.354. The topological polar surface area (TPSA) is 79.1 Å². The SMILES string of the molecule is COc1ccc(-c2noc(CN(C)c3ccc(OC)c(OC)c3)n2)cc1OC. The van der Waals surface area contributed by atoms with Gasteiger partial charge in [0.05, 0.1) is 35.0 Å². The number of ether oxygens (including phenoxy) is 4. The number of aromatic nitrogens is 2. The third-order valence-electron chi connectivity index (χ3n) is 4.29. The van der Waals surface area contributed by atoms with Crippen molar-refractivity contribution in [2.45, 2.75) is 6.54 Å². The molecule has 0 atom stereocenters. The highest BCUT2D eigenvalue weighted by Gasteiger charge is 2.15. The van der Waals surface area contributed by atoms with Gasteiger partial charge in [-0.15, -0.1) is 0 Å². The van der Waals surface area contributed by atoms with E-state index in [1.54, 1.807) is 34.5 Å². The van der Waals surface area contributed by atoms with Crippen LogP contribution in [0.5, 0.6) is 23.0 Å². The van der Waals surface area contributed by atoms with Crippen LogP contribution in [-0.2, 0) is 6.54 Å². The molecule has 0 aliphatic heterocycles. The van der Waals surface area contributed by atoms with Gasteiger partial charge in [-0.3, -0.25) is 0 Å². The lowest BCUT2D eigenvalue weighted by atomic mass is 10.2. The Morgan fingerprint density at radius 1 is 0.821 bits per heavy atom. The normalized spacial score (nSPS) is 10.5. The number of hydrogen-bond acceptors (Lipinski definition) is 8. The number of nitrogens with zero attached hydrogens (tertiary/aromatic N) is 3. The molecule has 0 N–H and O–H groups in total. The lowest BCUT2D eigenvalue weighted by Crippen LogP contribution is -2.16. The summed E-state index contributed by atoms with van der Waals surface area (Å²) in [6.07, 6.45) is 0. The maximum atomic E-state index is 5.41. The molecule has 1 aromatic heterocycles. The third kappa shape index (κ3) is 3.95. The van der Waals surface area contributed by atoms with Crippen LogP contribution < -0.4 is 23.8 Å². The molecule has 148 valence electrons. The molecule has 8 nitrogen and oxygen atoms in total. The van der Waals surface area contributed by atoms with Crippen molar-refractivity contribution in [2.75, 3.05) is 40.4 Å². The summed E-state index contributed by atoms with van der Waals surface area (Å²) in [5, 5.41) is 4.07. The maximum absolute atomic E-state index is 5.41. The van der Waals surface area contributed by atoms with Crippen LogP contribution in [0.15, 0.2) is 40.9 Å². The van der Waals surface area contributed by atoms with Gasteiger partial charge >= 0.3 is 0 Å². The molecule has 2 aromatic carbocycles. The predicted octanol–water partition coefficient (Wildman–Crippen LogP) is 3.41. The molecule has 0 saturated heterocycles. The second-order valence-corrected chi connectivity index (χ2v) is 5.98. The quantitative estimate of drug-likeness (QED) is 0.584. The van der Waals surface area contributed by atoms with Crippen LogP contribution in [0.25, 0.3) is 11.4 Å². The first-order chi connectivity index (χ1) is 13.6. The Balaban J connectivity index is 1.77. The van der Waals surface area contributed by atoms with E-state index >= 15 is 0 Å². The van der Waals surface area contributed by atoms with E-state index < -0.39 is 0 Å². The zero-order valence-electron chi connectivity index (χ0n) is 16.6. The smallest absolute Gasteiger partial charge is 0.246 e. The van der Waals surface area contributed by atoms with Crippen LogP contribution in [0.2, 0.25) is 0 Å². The van der Waals surface area contributed by atoms with Gasteiger partial charge in [0.1, 0.15) is 0 Å². The van der Waals surface area contributed by atoms with E-state index in [0.29, 0.717) is 41.3 Å². The minimum Gasteiger partial charge on any atom is -0.493 e. The molecule has 0 aliphatic carbocycles. The molecule has 1 heterocycles. The summed E-state index contributed by atoms with van der Waals surface area (Å²) >= 11 is 0. The average Bonchev–Trinajstić information content (AvgIpc) is 3.20. The molecule has 0 fully saturated rings. The zero-order valence-corrected chi connectivity index (χ0v) is 16.6. The number of hydrogen-bond donors (Lipinski definition) is 0. The molecule has 0 bridgehead atoms. The molecule has 28 heavy (non-hydrogen) atoms. The molecule has 0 aliphatic rings. The zero-order chi connectivity index (χ0) is 20.1. The Morgan fingerprint density at radius 3 is 2.07 bits per heavy atom. The highest BCUT2D eigenvalue weighted by molar-refractivity contribution is 5.61. The van der Waals surface area contributed by atoms with Crippen LogP contribution in [0, 0.1) is 0 Å². The van der Waals surface area contributed by atoms with Gasteiger partial charge in [0.15, 0.2) is 23.0 Å². The van der Waals surface area contributed by atoms with Gasteiger partial charge in [-0.2, -0.15) is 4.98 Å². The van der Waals surface area contributed by atoms with Crippen molar-refractivity contribution in [2.24, 2.45) is 0 Å². The molecule has 0 saturated carbocycles. The van der Waals surface area contributed by atoms with Gasteiger partial charge < -0.3 is 28.4 Å². The highest BCUT2D eigenvalue weighted by Crippen LogP contribution is 2.33. The summed E-state index contributed by atoms with van der Waals surface area (Å²) in [7, 11) is 8.32. The summed E-state index contributed by atoms with van der Waals surface area (Å²) in [6.45, 7) is 0.440. The first-order valence-corrected chi connectivity index (χ1v) is 8.57. The molecule has 0 radical (unpaired) electrons. The van der Waals surface area contributed by atoms with E-state index in [1.807, 2.05) is 42.3 Å². The van der Waals surface area contributed by atoms with Crippen LogP contribution >= 0.6 is 0 Å². The van der Waals surface area contributed by atoms with Gasteiger partial charge in [-0.05, 0) is 30.3 Å². The monoisotopic (exact) mass is 385 g/mol. The van der Waals surface area contributed by atoms with E-state index in [-0.39, 0.29) is 0 Å². The second kappa shape index (κ2) is 8.51. The summed E-state index contributed by atoms with van der Waals surface area (Å²) in [5.41, 5.74) is 1.71. The maximum Gasteiger partial charge on any atom is 0.246 e. The summed E-state index contributed by atoms with van der Waals surface area (Å²) in [6, 6.07) is 11.2. The van der Waals surface area contributed by atoms with Crippen LogP contribution in [0.3, 0.4) is 0 Å². The molecule has 0 unspecified atom stereocenters. The van der Waals surface area contributed by atoms with Crippen molar-refractivity contribution in [3.05, 3.63) is 42.3 Å². The van der Waals surface area contributed by atoms with E-state index in [0.717, 1.165) is 11.3 Å². The van der Waals surface area contributed by atoms with Crippen molar-refractivity contribution in [1.29, 1.82) is 0 Å². The van der Waals surface area contributed by atoms with Gasteiger partial charge in [0, 0.05) is 24.4 Å². The fourth-order valence-corrected chi connectivity index (χ4v) is 2.77. The molecular weight excluding hydrogens is 362 g/mol. The summed E-state index contributed by atoms with van der Waals surface area (Å²) in [4.78, 5) is 6.46. The number of rotatable bonds is 8. The minimum absolute atomic E-state index is 0.440. The Labute approximate surface area is 163 Å². The Bertz CT molecular complexity index is 941.